The Morgan fingerprint density at radius 2 is 1.52 bits per heavy atom. The first kappa shape index (κ1) is 22.8. The van der Waals surface area contributed by atoms with E-state index < -0.39 is 7.92 Å². The van der Waals surface area contributed by atoms with Gasteiger partial charge in [-0.25, -0.2) is 0 Å². The minimum Gasteiger partial charge on any atom is -0.481 e. The Labute approximate surface area is 187 Å². The first-order valence-electron chi connectivity index (χ1n) is 10.7. The lowest BCUT2D eigenvalue weighted by Crippen LogP contribution is -2.13. The predicted molar refractivity (Wildman–Crippen MR) is 134 cm³/mol. The Morgan fingerprint density at radius 3 is 2.10 bits per heavy atom. The molecule has 0 aromatic heterocycles. The van der Waals surface area contributed by atoms with Crippen molar-refractivity contribution in [2.75, 3.05) is 6.61 Å². The number of hydrogen-bond acceptors (Lipinski definition) is 2. The average molecular weight is 431 g/mol. The second kappa shape index (κ2) is 11.5. The molecule has 0 radical (unpaired) electrons. The number of allylic oxidation sites excluding steroid dienone is 8. The summed E-state index contributed by atoms with van der Waals surface area (Å²) in [5, 5.41) is 14.4. The summed E-state index contributed by atoms with van der Waals surface area (Å²) in [6, 6.07) is 21.0. The van der Waals surface area contributed by atoms with E-state index in [1.807, 2.05) is 24.3 Å². The summed E-state index contributed by atoms with van der Waals surface area (Å²) in [5.74, 6) is -0.00675. The van der Waals surface area contributed by atoms with Gasteiger partial charge >= 0.3 is 0 Å². The molecular formula is C28H31O2P. The molecule has 31 heavy (non-hydrogen) atoms. The number of benzene rings is 2. The predicted octanol–water partition coefficient (Wildman–Crippen LogP) is 7.05. The summed E-state index contributed by atoms with van der Waals surface area (Å²) in [4.78, 5) is 0. The molecule has 1 aliphatic rings. The highest BCUT2D eigenvalue weighted by Crippen LogP contribution is 2.49. The van der Waals surface area contributed by atoms with Gasteiger partial charge in [-0.05, 0) is 69.6 Å². The average Bonchev–Trinajstić information content (AvgIpc) is 3.24. The van der Waals surface area contributed by atoms with Crippen molar-refractivity contribution in [3.8, 4) is 0 Å². The van der Waals surface area contributed by atoms with Gasteiger partial charge in [-0.1, -0.05) is 90.0 Å². The summed E-state index contributed by atoms with van der Waals surface area (Å²) in [5.41, 5.74) is 3.38. The van der Waals surface area contributed by atoms with E-state index in [0.29, 0.717) is 6.61 Å². The standard InChI is InChI=1S/C28H31O2P/c1-22(2)12-10-13-23(3)20-21-30-28(29)26-18-11-19-27(26)31(24-14-6-4-7-15-24)25-16-8-5-9-17-25/h4-9,11-12,14-20,29H,10,13,21H2,1-3H3/b23-20-,28-26-. The van der Waals surface area contributed by atoms with Gasteiger partial charge in [-0.2, -0.15) is 0 Å². The van der Waals surface area contributed by atoms with Gasteiger partial charge in [0.15, 0.2) is 0 Å². The van der Waals surface area contributed by atoms with Crippen molar-refractivity contribution in [2.24, 2.45) is 0 Å². The van der Waals surface area contributed by atoms with E-state index >= 15 is 0 Å². The Hall–Kier alpha value is -2.83. The third-order valence-corrected chi connectivity index (χ3v) is 7.54. The van der Waals surface area contributed by atoms with E-state index in [2.05, 4.69) is 87.5 Å². The van der Waals surface area contributed by atoms with Gasteiger partial charge < -0.3 is 9.84 Å². The monoisotopic (exact) mass is 430 g/mol. The highest BCUT2D eigenvalue weighted by Gasteiger charge is 2.25. The Balaban J connectivity index is 1.78. The van der Waals surface area contributed by atoms with E-state index in [9.17, 15) is 5.11 Å². The largest absolute Gasteiger partial charge is 0.481 e. The molecule has 1 aliphatic carbocycles. The normalized spacial score (nSPS) is 15.1. The molecule has 2 aromatic rings. The van der Waals surface area contributed by atoms with Crippen molar-refractivity contribution in [1.82, 2.24) is 0 Å². The smallest absolute Gasteiger partial charge is 0.285 e. The number of hydrogen-bond donors (Lipinski definition) is 1. The van der Waals surface area contributed by atoms with Crippen molar-refractivity contribution in [3.63, 3.8) is 0 Å². The lowest BCUT2D eigenvalue weighted by molar-refractivity contribution is 0.110. The molecule has 0 fully saturated rings. The first-order chi connectivity index (χ1) is 15.1. The van der Waals surface area contributed by atoms with Crippen molar-refractivity contribution in [3.05, 3.63) is 119 Å². The fourth-order valence-corrected chi connectivity index (χ4v) is 5.84. The van der Waals surface area contributed by atoms with Gasteiger partial charge in [0.05, 0.1) is 5.57 Å². The van der Waals surface area contributed by atoms with Gasteiger partial charge in [-0.15, -0.1) is 0 Å². The van der Waals surface area contributed by atoms with Crippen molar-refractivity contribution in [1.29, 1.82) is 0 Å². The van der Waals surface area contributed by atoms with Crippen LogP contribution in [0.15, 0.2) is 119 Å². The SMILES string of the molecule is CC(C)=CCC/C(C)=C\CO/C(O)=C1/C=CC=C1P(c1ccccc1)c1ccccc1. The van der Waals surface area contributed by atoms with Crippen LogP contribution in [0.4, 0.5) is 0 Å². The van der Waals surface area contributed by atoms with E-state index in [-0.39, 0.29) is 5.95 Å². The van der Waals surface area contributed by atoms with Crippen molar-refractivity contribution >= 4 is 18.5 Å². The number of rotatable bonds is 9. The summed E-state index contributed by atoms with van der Waals surface area (Å²) in [6.45, 7) is 6.71. The molecule has 0 bridgehead atoms. The highest BCUT2D eigenvalue weighted by molar-refractivity contribution is 7.77. The van der Waals surface area contributed by atoms with Gasteiger partial charge in [0.25, 0.3) is 5.95 Å². The molecule has 0 spiro atoms. The lowest BCUT2D eigenvalue weighted by Gasteiger charge is -2.22. The van der Waals surface area contributed by atoms with E-state index in [1.165, 1.54) is 21.8 Å². The molecule has 3 rings (SSSR count). The Kier molecular flexibility index (Phi) is 8.50. The second-order valence-corrected chi connectivity index (χ2v) is 10.0. The van der Waals surface area contributed by atoms with Crippen LogP contribution < -0.4 is 10.6 Å². The molecule has 2 aromatic carbocycles. The molecule has 2 nitrogen and oxygen atoms in total. The van der Waals surface area contributed by atoms with Crippen LogP contribution in [-0.4, -0.2) is 11.7 Å². The number of aliphatic hydroxyl groups excluding tert-OH is 1. The maximum atomic E-state index is 10.8. The van der Waals surface area contributed by atoms with E-state index in [4.69, 9.17) is 4.74 Å². The molecule has 0 atom stereocenters. The molecule has 3 heteroatoms. The minimum absolute atomic E-state index is 0.00675. The van der Waals surface area contributed by atoms with Crippen molar-refractivity contribution < 1.29 is 9.84 Å². The Bertz CT molecular complexity index is 968. The molecular weight excluding hydrogens is 399 g/mol. The summed E-state index contributed by atoms with van der Waals surface area (Å²) in [6.07, 6.45) is 12.4. The quantitative estimate of drug-likeness (QED) is 0.262. The number of aliphatic hydroxyl groups is 1. The van der Waals surface area contributed by atoms with Crippen LogP contribution in [0, 0.1) is 0 Å². The van der Waals surface area contributed by atoms with Gasteiger partial charge in [0.1, 0.15) is 6.61 Å². The van der Waals surface area contributed by atoms with Gasteiger partial charge in [0, 0.05) is 0 Å². The van der Waals surface area contributed by atoms with Crippen LogP contribution in [0.2, 0.25) is 0 Å². The molecule has 0 heterocycles. The van der Waals surface area contributed by atoms with Crippen LogP contribution in [0.3, 0.4) is 0 Å². The fraction of sp³-hybridized carbons (Fsp3) is 0.214. The third-order valence-electron chi connectivity index (χ3n) is 5.04. The Morgan fingerprint density at radius 1 is 0.903 bits per heavy atom. The molecule has 1 N–H and O–H groups in total. The maximum absolute atomic E-state index is 10.8. The van der Waals surface area contributed by atoms with E-state index in [0.717, 1.165) is 23.7 Å². The molecule has 0 saturated carbocycles. The molecule has 0 saturated heterocycles. The fourth-order valence-electron chi connectivity index (χ4n) is 3.40. The molecule has 0 amide bonds. The summed E-state index contributed by atoms with van der Waals surface area (Å²) in [7, 11) is -0.787. The van der Waals surface area contributed by atoms with Crippen LogP contribution in [0.25, 0.3) is 0 Å². The van der Waals surface area contributed by atoms with Gasteiger partial charge in [-0.3, -0.25) is 0 Å². The highest BCUT2D eigenvalue weighted by atomic mass is 31.1. The summed E-state index contributed by atoms with van der Waals surface area (Å²) < 4.78 is 5.74. The van der Waals surface area contributed by atoms with Crippen LogP contribution >= 0.6 is 7.92 Å². The molecule has 0 aliphatic heterocycles. The second-order valence-electron chi connectivity index (χ2n) is 7.82. The summed E-state index contributed by atoms with van der Waals surface area (Å²) >= 11 is 0. The van der Waals surface area contributed by atoms with Gasteiger partial charge in [0.2, 0.25) is 0 Å². The third kappa shape index (κ3) is 6.57. The number of ether oxygens (including phenoxy) is 1. The maximum Gasteiger partial charge on any atom is 0.285 e. The molecule has 160 valence electrons. The van der Waals surface area contributed by atoms with E-state index in [1.54, 1.807) is 0 Å². The zero-order valence-electron chi connectivity index (χ0n) is 18.6. The molecule has 0 unspecified atom stereocenters. The lowest BCUT2D eigenvalue weighted by atomic mass is 10.1. The zero-order chi connectivity index (χ0) is 22.1. The topological polar surface area (TPSA) is 29.5 Å². The first-order valence-corrected chi connectivity index (χ1v) is 12.0. The minimum atomic E-state index is -0.787. The zero-order valence-corrected chi connectivity index (χ0v) is 19.5. The van der Waals surface area contributed by atoms with Crippen LogP contribution in [0.5, 0.6) is 0 Å². The van der Waals surface area contributed by atoms with Crippen LogP contribution in [0.1, 0.15) is 33.6 Å². The van der Waals surface area contributed by atoms with Crippen LogP contribution in [-0.2, 0) is 4.74 Å². The van der Waals surface area contributed by atoms with Crippen molar-refractivity contribution in [2.45, 2.75) is 33.6 Å².